The largest absolute Gasteiger partial charge is 0.497 e. The second-order valence-electron chi connectivity index (χ2n) is 11.5. The number of hydrogen-bond donors (Lipinski definition) is 1. The third-order valence-electron chi connectivity index (χ3n) is 8.60. The highest BCUT2D eigenvalue weighted by atomic mass is 32.2. The monoisotopic (exact) mass is 652 g/mol. The quantitative estimate of drug-likeness (QED) is 0.266. The van der Waals surface area contributed by atoms with E-state index >= 15 is 4.79 Å². The maximum absolute atomic E-state index is 15.0. The molecule has 12 heteroatoms. The van der Waals surface area contributed by atoms with Crippen molar-refractivity contribution in [3.8, 4) is 17.7 Å². The van der Waals surface area contributed by atoms with Crippen LogP contribution in [0.5, 0.6) is 11.6 Å². The molecule has 0 bridgehead atoms. The van der Waals surface area contributed by atoms with Crippen molar-refractivity contribution in [3.05, 3.63) is 107 Å². The van der Waals surface area contributed by atoms with Gasteiger partial charge in [0, 0.05) is 50.2 Å². The summed E-state index contributed by atoms with van der Waals surface area (Å²) in [6.45, 7) is 6.83. The molecule has 0 radical (unpaired) electrons. The minimum Gasteiger partial charge on any atom is -0.497 e. The first-order valence-corrected chi connectivity index (χ1v) is 16.8. The SMILES string of the molecule is CCOc1ncccc1C1(Nc2ccc(CN3CCN(C)CC3)cc2)C(=O)N(S(=O)(=O)c2ccc(OC)cc2)c2ccc(C#N)cc21. The summed E-state index contributed by atoms with van der Waals surface area (Å²) in [6.07, 6.45) is 1.55. The van der Waals surface area contributed by atoms with Gasteiger partial charge in [0.25, 0.3) is 15.9 Å². The Morgan fingerprint density at radius 2 is 1.70 bits per heavy atom. The second kappa shape index (κ2) is 13.0. The molecule has 4 aromatic rings. The Labute approximate surface area is 275 Å². The predicted octanol–water partition coefficient (Wildman–Crippen LogP) is 4.20. The number of likely N-dealkylation sites (N-methyl/N-ethyl adjacent to an activating group) is 1. The third-order valence-corrected chi connectivity index (χ3v) is 10.3. The maximum atomic E-state index is 15.0. The molecule has 242 valence electrons. The van der Waals surface area contributed by atoms with Crippen LogP contribution in [0.2, 0.25) is 0 Å². The highest BCUT2D eigenvalue weighted by Crippen LogP contribution is 2.50. The highest BCUT2D eigenvalue weighted by molar-refractivity contribution is 7.93. The van der Waals surface area contributed by atoms with Gasteiger partial charge in [0.05, 0.1) is 41.5 Å². The van der Waals surface area contributed by atoms with Gasteiger partial charge in [0.15, 0.2) is 5.54 Å². The average molecular weight is 653 g/mol. The lowest BCUT2D eigenvalue weighted by atomic mass is 9.83. The number of sulfonamides is 1. The zero-order valence-electron chi connectivity index (χ0n) is 26.5. The van der Waals surface area contributed by atoms with E-state index in [-0.39, 0.29) is 34.2 Å². The number of piperazine rings is 1. The van der Waals surface area contributed by atoms with Crippen molar-refractivity contribution in [2.45, 2.75) is 23.9 Å². The summed E-state index contributed by atoms with van der Waals surface area (Å²) >= 11 is 0. The van der Waals surface area contributed by atoms with Crippen molar-refractivity contribution in [1.29, 1.82) is 5.26 Å². The molecule has 1 fully saturated rings. The van der Waals surface area contributed by atoms with Crippen LogP contribution in [-0.2, 0) is 26.9 Å². The number of pyridine rings is 1. The lowest BCUT2D eigenvalue weighted by Crippen LogP contribution is -2.49. The van der Waals surface area contributed by atoms with Gasteiger partial charge in [-0.3, -0.25) is 9.69 Å². The van der Waals surface area contributed by atoms with Gasteiger partial charge in [-0.2, -0.15) is 9.57 Å². The molecular weight excluding hydrogens is 616 g/mol. The number of nitrogens with zero attached hydrogens (tertiary/aromatic N) is 5. The van der Waals surface area contributed by atoms with E-state index in [2.05, 4.69) is 33.2 Å². The standard InChI is InChI=1S/C35H36N6O5S/c1-4-46-33-30(6-5-17-37-33)35(38-27-10-7-25(8-11-27)24-40-20-18-39(2)19-21-40)31-22-26(23-36)9-16-32(31)41(34(35)42)47(43,44)29-14-12-28(45-3)13-15-29/h5-17,22,38H,4,18-21,24H2,1-3H3. The summed E-state index contributed by atoms with van der Waals surface area (Å²) < 4.78 is 40.6. The van der Waals surface area contributed by atoms with Crippen molar-refractivity contribution in [2.24, 2.45) is 0 Å². The van der Waals surface area contributed by atoms with Crippen LogP contribution in [0.1, 0.15) is 29.2 Å². The first-order chi connectivity index (χ1) is 22.7. The van der Waals surface area contributed by atoms with Crippen LogP contribution < -0.4 is 19.1 Å². The number of methoxy groups -OCH3 is 1. The molecule has 0 spiro atoms. The molecule has 2 aliphatic heterocycles. The van der Waals surface area contributed by atoms with Crippen LogP contribution in [0.25, 0.3) is 0 Å². The molecule has 0 aliphatic carbocycles. The van der Waals surface area contributed by atoms with Gasteiger partial charge in [-0.1, -0.05) is 12.1 Å². The Balaban J connectivity index is 1.49. The van der Waals surface area contributed by atoms with E-state index in [1.807, 2.05) is 24.3 Å². The molecule has 11 nitrogen and oxygen atoms in total. The summed E-state index contributed by atoms with van der Waals surface area (Å²) in [5.41, 5.74) is 0.847. The average Bonchev–Trinajstić information content (AvgIpc) is 3.34. The maximum Gasteiger partial charge on any atom is 0.276 e. The van der Waals surface area contributed by atoms with Crippen molar-refractivity contribution in [1.82, 2.24) is 14.8 Å². The minimum atomic E-state index is -4.43. The van der Waals surface area contributed by atoms with Gasteiger partial charge in [-0.25, -0.2) is 13.4 Å². The molecule has 1 N–H and O–H groups in total. The van der Waals surface area contributed by atoms with E-state index < -0.39 is 21.5 Å². The van der Waals surface area contributed by atoms with Crippen LogP contribution in [-0.4, -0.2) is 76.1 Å². The molecule has 3 aromatic carbocycles. The van der Waals surface area contributed by atoms with E-state index in [9.17, 15) is 13.7 Å². The predicted molar refractivity (Wildman–Crippen MR) is 178 cm³/mol. The fraction of sp³-hybridized carbons (Fsp3) is 0.286. The molecule has 47 heavy (non-hydrogen) atoms. The molecule has 2 aliphatic rings. The lowest BCUT2D eigenvalue weighted by Gasteiger charge is -2.33. The number of aromatic nitrogens is 1. The number of carbonyl (C=O) groups excluding carboxylic acids is 1. The Morgan fingerprint density at radius 1 is 0.979 bits per heavy atom. The zero-order valence-corrected chi connectivity index (χ0v) is 27.3. The first-order valence-electron chi connectivity index (χ1n) is 15.4. The molecule has 0 saturated carbocycles. The van der Waals surface area contributed by atoms with E-state index in [1.54, 1.807) is 31.3 Å². The molecule has 1 saturated heterocycles. The lowest BCUT2D eigenvalue weighted by molar-refractivity contribution is -0.120. The number of amides is 1. The molecule has 1 unspecified atom stereocenters. The number of benzene rings is 3. The number of fused-ring (bicyclic) bond motifs is 1. The number of hydrogen-bond acceptors (Lipinski definition) is 10. The van der Waals surface area contributed by atoms with Crippen LogP contribution in [0, 0.1) is 11.3 Å². The number of nitrogens with one attached hydrogen (secondary N) is 1. The van der Waals surface area contributed by atoms with Crippen LogP contribution in [0.4, 0.5) is 11.4 Å². The Hall–Kier alpha value is -4.96. The van der Waals surface area contributed by atoms with Crippen LogP contribution in [0.3, 0.4) is 0 Å². The third kappa shape index (κ3) is 5.89. The van der Waals surface area contributed by atoms with Crippen molar-refractivity contribution < 1.29 is 22.7 Å². The normalized spacial score (nSPS) is 18.4. The topological polar surface area (TPSA) is 128 Å². The summed E-state index contributed by atoms with van der Waals surface area (Å²) in [7, 11) is -0.825. The van der Waals surface area contributed by atoms with Gasteiger partial charge < -0.3 is 19.7 Å². The number of anilines is 2. The molecule has 1 amide bonds. The minimum absolute atomic E-state index is 0.0952. The molecule has 1 aromatic heterocycles. The smallest absolute Gasteiger partial charge is 0.276 e. The van der Waals surface area contributed by atoms with Gasteiger partial charge in [0.1, 0.15) is 5.75 Å². The van der Waals surface area contributed by atoms with Crippen LogP contribution in [0.15, 0.2) is 90.0 Å². The van der Waals surface area contributed by atoms with E-state index in [4.69, 9.17) is 9.47 Å². The second-order valence-corrected chi connectivity index (χ2v) is 13.3. The molecule has 1 atom stereocenters. The van der Waals surface area contributed by atoms with E-state index in [1.165, 1.54) is 43.5 Å². The van der Waals surface area contributed by atoms with Gasteiger partial charge in [-0.05, 0) is 86.3 Å². The molecule has 3 heterocycles. The van der Waals surface area contributed by atoms with Gasteiger partial charge in [0.2, 0.25) is 5.88 Å². The summed E-state index contributed by atoms with van der Waals surface area (Å²) in [5, 5.41) is 13.3. The number of carbonyl (C=O) groups is 1. The Kier molecular flexibility index (Phi) is 8.88. The van der Waals surface area contributed by atoms with Crippen LogP contribution >= 0.6 is 0 Å². The fourth-order valence-corrected chi connectivity index (χ4v) is 7.57. The number of nitriles is 1. The first kappa shape index (κ1) is 32.0. The summed E-state index contributed by atoms with van der Waals surface area (Å²) in [5.74, 6) is -0.145. The van der Waals surface area contributed by atoms with Crippen molar-refractivity contribution in [2.75, 3.05) is 56.6 Å². The molecule has 6 rings (SSSR count). The number of ether oxygens (including phenoxy) is 2. The van der Waals surface area contributed by atoms with Crippen molar-refractivity contribution >= 4 is 27.3 Å². The van der Waals surface area contributed by atoms with E-state index in [0.717, 1.165) is 42.6 Å². The Morgan fingerprint density at radius 3 is 2.36 bits per heavy atom. The Bertz CT molecular complexity index is 1920. The molecular formula is C35H36N6O5S. The van der Waals surface area contributed by atoms with Crippen molar-refractivity contribution in [3.63, 3.8) is 0 Å². The summed E-state index contributed by atoms with van der Waals surface area (Å²) in [6, 6.07) is 23.6. The number of rotatable bonds is 10. The fourth-order valence-electron chi connectivity index (χ4n) is 6.10. The van der Waals surface area contributed by atoms with Gasteiger partial charge in [-0.15, -0.1) is 0 Å². The van der Waals surface area contributed by atoms with E-state index in [0.29, 0.717) is 17.0 Å². The zero-order chi connectivity index (χ0) is 33.2. The summed E-state index contributed by atoms with van der Waals surface area (Å²) in [4.78, 5) is 24.1. The highest BCUT2D eigenvalue weighted by Gasteiger charge is 2.58. The van der Waals surface area contributed by atoms with Gasteiger partial charge >= 0.3 is 0 Å².